The third-order valence-corrected chi connectivity index (χ3v) is 7.86. The maximum atomic E-state index is 12.4. The Labute approximate surface area is 311 Å². The molecule has 0 unspecified atom stereocenters. The number of nitro benzene ring substituents is 2. The van der Waals surface area contributed by atoms with E-state index >= 15 is 0 Å². The van der Waals surface area contributed by atoms with E-state index in [0.29, 0.717) is 34.3 Å². The smallest absolute Gasteiger partial charge is 0.871 e. The van der Waals surface area contributed by atoms with E-state index in [0.717, 1.165) is 18.2 Å². The molecule has 1 heterocycles. The van der Waals surface area contributed by atoms with Crippen molar-refractivity contribution in [2.75, 3.05) is 0 Å². The van der Waals surface area contributed by atoms with Crippen LogP contribution in [0, 0.1) is 27.2 Å². The first kappa shape index (κ1) is 39.0. The molecule has 0 saturated heterocycles. The van der Waals surface area contributed by atoms with Gasteiger partial charge in [-0.05, 0) is 17.5 Å². The summed E-state index contributed by atoms with van der Waals surface area (Å²) in [5, 5.41) is 77.5. The van der Waals surface area contributed by atoms with E-state index in [1.54, 1.807) is 61.5 Å². The molecular weight excluding hydrogens is 756 g/mol. The van der Waals surface area contributed by atoms with Gasteiger partial charge in [-0.15, -0.1) is 10.8 Å². The number of hydrogen-bond donors (Lipinski definition) is 0. The molecule has 6 aromatic rings. The SMILES string of the molecule is Cc1[n-]n(-c2ccccc2)c(=O)c1N=Nc1cc([N+](=O)[O-])ccc1[O-].O=[N+]([O-])c1cc(N=Nc2c([O-])ccc3ccccc23)c([O-])c(S(=O)(=O)[O-])c1.[Cr+3].[H+].[H+]. The first-order valence-electron chi connectivity index (χ1n) is 14.4. The van der Waals surface area contributed by atoms with Gasteiger partial charge in [-0.25, -0.2) is 8.42 Å². The average Bonchev–Trinajstić information content (AvgIpc) is 3.40. The summed E-state index contributed by atoms with van der Waals surface area (Å²) < 4.78 is 34.7. The van der Waals surface area contributed by atoms with Gasteiger partial charge >= 0.3 is 20.2 Å². The number of fused-ring (bicyclic) bond motifs is 1. The van der Waals surface area contributed by atoms with Crippen molar-refractivity contribution in [3.63, 3.8) is 0 Å². The quantitative estimate of drug-likeness (QED) is 0.0859. The Kier molecular flexibility index (Phi) is 11.8. The zero-order valence-electron chi connectivity index (χ0n) is 28.6. The molecule has 1 radical (unpaired) electrons. The monoisotopic (exact) mass is 777 g/mol. The Hall–Kier alpha value is -6.79. The zero-order chi connectivity index (χ0) is 37.7. The summed E-state index contributed by atoms with van der Waals surface area (Å²) >= 11 is 0. The van der Waals surface area contributed by atoms with Gasteiger partial charge in [0, 0.05) is 35.3 Å². The predicted molar refractivity (Wildman–Crippen MR) is 177 cm³/mol. The second-order valence-electron chi connectivity index (χ2n) is 10.4. The molecule has 5 aromatic carbocycles. The number of benzene rings is 5. The molecule has 1 aromatic heterocycles. The van der Waals surface area contributed by atoms with Crippen LogP contribution in [-0.4, -0.2) is 27.5 Å². The Morgan fingerprint density at radius 1 is 0.717 bits per heavy atom. The summed E-state index contributed by atoms with van der Waals surface area (Å²) in [4.78, 5) is 31.2. The number of azo groups is 2. The van der Waals surface area contributed by atoms with E-state index in [-0.39, 0.29) is 43.0 Å². The first-order valence-corrected chi connectivity index (χ1v) is 15.8. The van der Waals surface area contributed by atoms with Crippen LogP contribution >= 0.6 is 0 Å². The Bertz CT molecular complexity index is 2610. The van der Waals surface area contributed by atoms with Crippen LogP contribution in [0.1, 0.15) is 8.55 Å². The van der Waals surface area contributed by atoms with E-state index < -0.39 is 59.0 Å². The van der Waals surface area contributed by atoms with Crippen LogP contribution in [0.4, 0.5) is 34.1 Å². The van der Waals surface area contributed by atoms with Crippen molar-refractivity contribution in [2.45, 2.75) is 11.8 Å². The molecule has 6 rings (SSSR count). The minimum absolute atomic E-state index is 0. The minimum Gasteiger partial charge on any atom is -0.871 e. The number of nitrogens with zero attached hydrogens (tertiary/aromatic N) is 8. The number of aromatic nitrogens is 2. The number of aryl methyl sites for hydroxylation is 1. The van der Waals surface area contributed by atoms with Crippen LogP contribution in [0.2, 0.25) is 0 Å². The Balaban J connectivity index is 0.000000361. The average molecular weight is 778 g/mol. The number of nitro groups is 2. The van der Waals surface area contributed by atoms with Crippen LogP contribution in [0.15, 0.2) is 127 Å². The zero-order valence-corrected chi connectivity index (χ0v) is 28.7. The fourth-order valence-corrected chi connectivity index (χ4v) is 5.14. The maximum Gasteiger partial charge on any atom is 3.00 e. The van der Waals surface area contributed by atoms with E-state index in [2.05, 4.69) is 25.6 Å². The van der Waals surface area contributed by atoms with Gasteiger partial charge < -0.3 is 29.7 Å². The van der Waals surface area contributed by atoms with Gasteiger partial charge in [-0.2, -0.15) is 15.3 Å². The molecule has 0 fully saturated rings. The van der Waals surface area contributed by atoms with Gasteiger partial charge in [-0.1, -0.05) is 84.8 Å². The van der Waals surface area contributed by atoms with Crippen molar-refractivity contribution < 1.29 is 58.4 Å². The molecule has 0 saturated carbocycles. The van der Waals surface area contributed by atoms with E-state index in [1.807, 2.05) is 6.07 Å². The van der Waals surface area contributed by atoms with Crippen LogP contribution in [0.5, 0.6) is 17.2 Å². The summed E-state index contributed by atoms with van der Waals surface area (Å²) in [6.07, 6.45) is 0. The van der Waals surface area contributed by atoms with E-state index in [1.165, 1.54) is 10.7 Å². The molecule has 0 aliphatic rings. The largest absolute Gasteiger partial charge is 3.00 e. The van der Waals surface area contributed by atoms with Crippen LogP contribution in [0.3, 0.4) is 0 Å². The molecule has 267 valence electrons. The standard InChI is InChI=1S/C16H13N5O4.C16H11N3O7S.Cr/c1-10-15(16(23)20(19-10)11-5-3-2-4-6-11)18-17-13-9-12(21(24)25)7-8-14(13)22;20-13-6-5-9-3-1-2-4-11(9)15(13)18-17-12-7-10(19(22)23)8-14(16(12)21)27(24,25)26;/h2-9H,1H3,(H2,17,18,19,22,23);1-8,20-21H,(H,24,25,26);/q;;+3/p-3. The van der Waals surface area contributed by atoms with Crippen molar-refractivity contribution in [3.8, 4) is 22.9 Å². The molecule has 0 aliphatic carbocycles. The fourth-order valence-electron chi connectivity index (χ4n) is 4.54. The second kappa shape index (κ2) is 16.0. The summed E-state index contributed by atoms with van der Waals surface area (Å²) in [5.41, 5.74) is -1.84. The summed E-state index contributed by atoms with van der Waals surface area (Å²) in [5.74, 6) is -2.39. The van der Waals surface area contributed by atoms with Gasteiger partial charge in [0.25, 0.3) is 16.9 Å². The summed E-state index contributed by atoms with van der Waals surface area (Å²) in [6.45, 7) is 1.58. The second-order valence-corrected chi connectivity index (χ2v) is 11.8. The molecule has 0 N–H and O–H groups in total. The molecule has 0 bridgehead atoms. The Morgan fingerprint density at radius 2 is 1.30 bits per heavy atom. The summed E-state index contributed by atoms with van der Waals surface area (Å²) in [6, 6.07) is 22.4. The molecule has 0 atom stereocenters. The van der Waals surface area contributed by atoms with Gasteiger partial charge in [-0.3, -0.25) is 25.0 Å². The molecule has 19 nitrogen and oxygen atoms in total. The van der Waals surface area contributed by atoms with Crippen molar-refractivity contribution in [1.82, 2.24) is 9.78 Å². The summed E-state index contributed by atoms with van der Waals surface area (Å²) in [7, 11) is -5.27. The fraction of sp³-hybridized carbons (Fsp3) is 0.0312. The van der Waals surface area contributed by atoms with Crippen molar-refractivity contribution in [2.24, 2.45) is 20.5 Å². The van der Waals surface area contributed by atoms with E-state index in [4.69, 9.17) is 0 Å². The molecular formula is C32H21CrN8O11S. The third kappa shape index (κ3) is 8.75. The Morgan fingerprint density at radius 3 is 1.96 bits per heavy atom. The molecule has 0 aliphatic heterocycles. The van der Waals surface area contributed by atoms with Gasteiger partial charge in [0.05, 0.1) is 31.8 Å². The van der Waals surface area contributed by atoms with Crippen molar-refractivity contribution >= 4 is 55.0 Å². The maximum absolute atomic E-state index is 12.4. The number of non-ortho nitro benzene ring substituents is 2. The third-order valence-electron chi connectivity index (χ3n) is 7.02. The normalized spacial score (nSPS) is 11.3. The van der Waals surface area contributed by atoms with Gasteiger partial charge in [0.1, 0.15) is 15.8 Å². The minimum atomic E-state index is -5.27. The topological polar surface area (TPSA) is 298 Å². The first-order chi connectivity index (χ1) is 24.6. The van der Waals surface area contributed by atoms with Crippen LogP contribution < -0.4 is 26.0 Å². The van der Waals surface area contributed by atoms with Crippen LogP contribution in [-0.2, 0) is 27.5 Å². The number of hydrogen-bond acceptors (Lipinski definition) is 15. The van der Waals surface area contributed by atoms with Gasteiger partial charge in [0.2, 0.25) is 0 Å². The molecule has 0 spiro atoms. The van der Waals surface area contributed by atoms with E-state index in [9.17, 15) is 53.3 Å². The van der Waals surface area contributed by atoms with Crippen molar-refractivity contribution in [1.29, 1.82) is 0 Å². The number of rotatable bonds is 8. The molecule has 21 heteroatoms. The van der Waals surface area contributed by atoms with Crippen molar-refractivity contribution in [3.05, 3.63) is 133 Å². The predicted octanol–water partition coefficient (Wildman–Crippen LogP) is 4.94. The van der Waals surface area contributed by atoms with Crippen LogP contribution in [0.25, 0.3) is 16.5 Å². The molecule has 0 amide bonds. The molecule has 53 heavy (non-hydrogen) atoms. The number of para-hydroxylation sites is 1. The van der Waals surface area contributed by atoms with Gasteiger partial charge in [0.15, 0.2) is 0 Å².